The molecule has 0 spiro atoms. The van der Waals surface area contributed by atoms with Gasteiger partial charge < -0.3 is 0 Å². The van der Waals surface area contributed by atoms with Gasteiger partial charge in [0.2, 0.25) is 0 Å². The van der Waals surface area contributed by atoms with Gasteiger partial charge in [-0.2, -0.15) is 0 Å². The summed E-state index contributed by atoms with van der Waals surface area (Å²) in [4.78, 5) is 0. The van der Waals surface area contributed by atoms with Gasteiger partial charge >= 0.3 is 0 Å². The molecule has 59 heavy (non-hydrogen) atoms. The van der Waals surface area contributed by atoms with Gasteiger partial charge in [0.1, 0.15) is 0 Å². The van der Waals surface area contributed by atoms with Gasteiger partial charge in [0.25, 0.3) is 0 Å². The monoisotopic (exact) mass is 766 g/mol. The molecule has 1 heteroatoms. The lowest BCUT2D eigenvalue weighted by atomic mass is 9.93. The van der Waals surface area contributed by atoms with Crippen molar-refractivity contribution in [2.45, 2.75) is 0 Å². The van der Waals surface area contributed by atoms with Crippen molar-refractivity contribution in [1.29, 1.82) is 0 Å². The summed E-state index contributed by atoms with van der Waals surface area (Å²) in [5.41, 5.74) is 17.3. The van der Waals surface area contributed by atoms with E-state index in [0.717, 1.165) is 0 Å². The van der Waals surface area contributed by atoms with E-state index < -0.39 is 0 Å². The predicted molar refractivity (Wildman–Crippen MR) is 255 cm³/mol. The topological polar surface area (TPSA) is 0 Å². The van der Waals surface area contributed by atoms with Crippen LogP contribution < -0.4 is 0 Å². The fraction of sp³-hybridized carbons (Fsp3) is 0. The van der Waals surface area contributed by atoms with Crippen LogP contribution in [0, 0.1) is 0 Å². The lowest BCUT2D eigenvalue weighted by molar-refractivity contribution is 1.58. The van der Waals surface area contributed by atoms with Gasteiger partial charge in [-0.1, -0.05) is 212 Å². The zero-order chi connectivity index (χ0) is 39.1. The maximum Gasteiger partial charge on any atom is 0.0434 e. The number of rotatable bonds is 7. The van der Waals surface area contributed by atoms with Crippen LogP contribution in [0.2, 0.25) is 0 Å². The summed E-state index contributed by atoms with van der Waals surface area (Å²) in [5.74, 6) is 0. The molecular weight excluding hydrogens is 729 g/mol. The smallest absolute Gasteiger partial charge is 0.0434 e. The Morgan fingerprint density at radius 1 is 0.203 bits per heavy atom. The van der Waals surface area contributed by atoms with Crippen molar-refractivity contribution in [2.24, 2.45) is 0 Å². The maximum absolute atomic E-state index is 2.32. The molecule has 0 aliphatic rings. The Balaban J connectivity index is 0.888. The average molecular weight is 767 g/mol. The van der Waals surface area contributed by atoms with Gasteiger partial charge in [-0.3, -0.25) is 0 Å². The van der Waals surface area contributed by atoms with E-state index in [1.165, 1.54) is 109 Å². The molecule has 0 bridgehead atoms. The van der Waals surface area contributed by atoms with Crippen LogP contribution in [0.1, 0.15) is 0 Å². The third-order valence-electron chi connectivity index (χ3n) is 11.7. The van der Waals surface area contributed by atoms with Crippen molar-refractivity contribution in [3.8, 4) is 77.9 Å². The molecule has 0 atom stereocenters. The molecule has 276 valence electrons. The molecule has 0 N–H and O–H groups in total. The van der Waals surface area contributed by atoms with Crippen LogP contribution in [0.15, 0.2) is 231 Å². The number of thiophene rings is 1. The van der Waals surface area contributed by atoms with E-state index in [9.17, 15) is 0 Å². The van der Waals surface area contributed by atoms with Gasteiger partial charge in [-0.15, -0.1) is 11.3 Å². The first-order valence-electron chi connectivity index (χ1n) is 20.2. The highest BCUT2D eigenvalue weighted by molar-refractivity contribution is 7.26. The molecule has 10 aromatic carbocycles. The van der Waals surface area contributed by atoms with E-state index in [4.69, 9.17) is 0 Å². The molecule has 0 fully saturated rings. The molecule has 0 amide bonds. The van der Waals surface area contributed by atoms with Crippen LogP contribution in [0.4, 0.5) is 0 Å². The summed E-state index contributed by atoms with van der Waals surface area (Å²) in [6, 6.07) is 84.2. The molecule has 0 aliphatic carbocycles. The van der Waals surface area contributed by atoms with Crippen LogP contribution >= 0.6 is 11.3 Å². The molecule has 11 rings (SSSR count). The summed E-state index contributed by atoms with van der Waals surface area (Å²) in [5, 5.41) is 5.15. The van der Waals surface area contributed by atoms with Crippen LogP contribution in [0.5, 0.6) is 0 Å². The summed E-state index contributed by atoms with van der Waals surface area (Å²) in [6.45, 7) is 0. The van der Waals surface area contributed by atoms with E-state index in [0.29, 0.717) is 0 Å². The van der Waals surface area contributed by atoms with Crippen molar-refractivity contribution in [1.82, 2.24) is 0 Å². The summed E-state index contributed by atoms with van der Waals surface area (Å²) >= 11 is 1.90. The maximum atomic E-state index is 2.32. The van der Waals surface area contributed by atoms with Gasteiger partial charge in [-0.05, 0) is 107 Å². The SMILES string of the molecule is c1ccc(-c2cccc(-c3ccc(-c4cccc5c4sc4c(-c6ccc(-c7cccc(-c8cccc(-c9cccc%10ccccc9%10)c8)c7)cc6)cccc45)cc3)c2)cc1. The average Bonchev–Trinajstić information content (AvgIpc) is 3.71. The van der Waals surface area contributed by atoms with Crippen molar-refractivity contribution in [3.05, 3.63) is 231 Å². The molecule has 0 unspecified atom stereocenters. The van der Waals surface area contributed by atoms with Crippen molar-refractivity contribution in [3.63, 3.8) is 0 Å². The molecule has 1 heterocycles. The summed E-state index contributed by atoms with van der Waals surface area (Å²) in [6.07, 6.45) is 0. The Labute approximate surface area is 349 Å². The zero-order valence-electron chi connectivity index (χ0n) is 32.3. The van der Waals surface area contributed by atoms with Crippen LogP contribution in [-0.2, 0) is 0 Å². The number of hydrogen-bond donors (Lipinski definition) is 0. The van der Waals surface area contributed by atoms with Crippen LogP contribution in [-0.4, -0.2) is 0 Å². The molecule has 1 aromatic heterocycles. The minimum absolute atomic E-state index is 1.21. The van der Waals surface area contributed by atoms with Crippen molar-refractivity contribution < 1.29 is 0 Å². The first kappa shape index (κ1) is 34.9. The second-order valence-corrected chi connectivity index (χ2v) is 16.3. The highest BCUT2D eigenvalue weighted by Gasteiger charge is 2.15. The Bertz CT molecular complexity index is 3290. The highest BCUT2D eigenvalue weighted by Crippen LogP contribution is 2.44. The normalized spacial score (nSPS) is 11.4. The van der Waals surface area contributed by atoms with Gasteiger partial charge in [0, 0.05) is 20.2 Å². The molecule has 0 saturated carbocycles. The van der Waals surface area contributed by atoms with Gasteiger partial charge in [0.05, 0.1) is 0 Å². The van der Waals surface area contributed by atoms with Crippen molar-refractivity contribution in [2.75, 3.05) is 0 Å². The lowest BCUT2D eigenvalue weighted by Crippen LogP contribution is -1.85. The van der Waals surface area contributed by atoms with E-state index in [1.54, 1.807) is 0 Å². The number of hydrogen-bond acceptors (Lipinski definition) is 1. The molecule has 0 saturated heterocycles. The number of benzene rings is 10. The number of fused-ring (bicyclic) bond motifs is 4. The fourth-order valence-electron chi connectivity index (χ4n) is 8.69. The molecule has 11 aromatic rings. The van der Waals surface area contributed by atoms with E-state index in [-0.39, 0.29) is 0 Å². The van der Waals surface area contributed by atoms with Gasteiger partial charge in [-0.25, -0.2) is 0 Å². The lowest BCUT2D eigenvalue weighted by Gasteiger charge is -2.11. The quantitative estimate of drug-likeness (QED) is 0.152. The molecular formula is C58H38S. The second kappa shape index (κ2) is 14.9. The highest BCUT2D eigenvalue weighted by atomic mass is 32.1. The van der Waals surface area contributed by atoms with Crippen LogP contribution in [0.3, 0.4) is 0 Å². The van der Waals surface area contributed by atoms with Gasteiger partial charge in [0.15, 0.2) is 0 Å². The Morgan fingerprint density at radius 2 is 0.542 bits per heavy atom. The molecule has 0 aliphatic heterocycles. The van der Waals surface area contributed by atoms with Crippen molar-refractivity contribution >= 4 is 42.3 Å². The molecule has 0 radical (unpaired) electrons. The standard InChI is InChI=1S/C58H38S/c1-2-12-39(13-3-1)45-16-6-17-46(36-45)40-28-32-43(33-29-40)53-24-10-26-55-56-27-11-25-54(58(56)59-57(53)55)44-34-30-41(31-35-44)47-18-7-19-48(37-47)49-20-8-21-50(38-49)52-23-9-15-42-14-4-5-22-51(42)52/h1-38H. The van der Waals surface area contributed by atoms with E-state index in [2.05, 4.69) is 231 Å². The Kier molecular flexibility index (Phi) is 8.80. The third kappa shape index (κ3) is 6.52. The third-order valence-corrected chi connectivity index (χ3v) is 13.0. The van der Waals surface area contributed by atoms with E-state index in [1.807, 2.05) is 11.3 Å². The minimum atomic E-state index is 1.21. The first-order chi connectivity index (χ1) is 29.2. The Hall–Kier alpha value is -7.32. The molecule has 0 nitrogen and oxygen atoms in total. The minimum Gasteiger partial charge on any atom is -0.134 e. The zero-order valence-corrected chi connectivity index (χ0v) is 33.2. The Morgan fingerprint density at radius 3 is 1.10 bits per heavy atom. The summed E-state index contributed by atoms with van der Waals surface area (Å²) < 4.78 is 2.65. The fourth-order valence-corrected chi connectivity index (χ4v) is 10.1. The summed E-state index contributed by atoms with van der Waals surface area (Å²) in [7, 11) is 0. The first-order valence-corrected chi connectivity index (χ1v) is 21.1. The van der Waals surface area contributed by atoms with Crippen LogP contribution in [0.25, 0.3) is 109 Å². The predicted octanol–water partition coefficient (Wildman–Crippen LogP) is 16.9. The van der Waals surface area contributed by atoms with E-state index >= 15 is 0 Å². The second-order valence-electron chi connectivity index (χ2n) is 15.3. The largest absolute Gasteiger partial charge is 0.134 e.